The summed E-state index contributed by atoms with van der Waals surface area (Å²) in [7, 11) is -2.27. The highest BCUT2D eigenvalue weighted by Gasteiger charge is 2.42. The maximum absolute atomic E-state index is 12.7. The minimum Gasteiger partial charge on any atom is -0.325 e. The standard InChI is InChI=1S/C16H24N4O4S/c1-10-16(11(2)19-18-10)25(23,24)20(4)9-15(22)17-14-7-5-6-13(8-14)12(3)21/h5-8,10-11,16,18-19H,9H2,1-4H3,(H,17,22). The van der Waals surface area contributed by atoms with Gasteiger partial charge in [0.25, 0.3) is 0 Å². The molecular formula is C16H24N4O4S. The van der Waals surface area contributed by atoms with Crippen molar-refractivity contribution in [3.63, 3.8) is 0 Å². The molecule has 1 aromatic rings. The smallest absolute Gasteiger partial charge is 0.239 e. The highest BCUT2D eigenvalue weighted by atomic mass is 32.2. The van der Waals surface area contributed by atoms with Crippen LogP contribution in [0, 0.1) is 0 Å². The number of nitrogens with zero attached hydrogens (tertiary/aromatic N) is 1. The number of rotatable bonds is 6. The Bertz CT molecular complexity index is 755. The molecule has 8 nitrogen and oxygen atoms in total. The monoisotopic (exact) mass is 368 g/mol. The first-order valence-corrected chi connectivity index (χ1v) is 9.50. The molecule has 2 atom stereocenters. The van der Waals surface area contributed by atoms with Crippen LogP contribution in [0.2, 0.25) is 0 Å². The second-order valence-corrected chi connectivity index (χ2v) is 8.51. The molecule has 1 aliphatic rings. The summed E-state index contributed by atoms with van der Waals surface area (Å²) in [5.74, 6) is -0.578. The summed E-state index contributed by atoms with van der Waals surface area (Å²) in [6.07, 6.45) is 0. The summed E-state index contributed by atoms with van der Waals surface area (Å²) in [5, 5.41) is 1.96. The molecule has 0 saturated carbocycles. The molecule has 1 aromatic carbocycles. The lowest BCUT2D eigenvalue weighted by Gasteiger charge is -2.25. The Morgan fingerprint density at radius 1 is 1.20 bits per heavy atom. The van der Waals surface area contributed by atoms with Gasteiger partial charge in [-0.25, -0.2) is 8.42 Å². The molecule has 3 N–H and O–H groups in total. The van der Waals surface area contributed by atoms with E-state index in [1.54, 1.807) is 38.1 Å². The second kappa shape index (κ2) is 7.61. The molecule has 0 spiro atoms. The third-order valence-corrected chi connectivity index (χ3v) is 6.72. The van der Waals surface area contributed by atoms with Gasteiger partial charge in [-0.15, -0.1) is 0 Å². The molecule has 1 saturated heterocycles. The van der Waals surface area contributed by atoms with Crippen LogP contribution in [-0.2, 0) is 14.8 Å². The van der Waals surface area contributed by atoms with Crippen molar-refractivity contribution in [3.05, 3.63) is 29.8 Å². The lowest BCUT2D eigenvalue weighted by Crippen LogP contribution is -2.47. The van der Waals surface area contributed by atoms with E-state index in [-0.39, 0.29) is 24.4 Å². The first kappa shape index (κ1) is 19.5. The number of hydrogen-bond acceptors (Lipinski definition) is 6. The molecule has 0 aliphatic carbocycles. The average molecular weight is 368 g/mol. The Morgan fingerprint density at radius 2 is 1.80 bits per heavy atom. The summed E-state index contributed by atoms with van der Waals surface area (Å²) >= 11 is 0. The Balaban J connectivity index is 2.04. The number of Topliss-reactive ketones (excluding diaryl/α,β-unsaturated/α-hetero) is 1. The van der Waals surface area contributed by atoms with Gasteiger partial charge in [-0.05, 0) is 32.9 Å². The largest absolute Gasteiger partial charge is 0.325 e. The minimum atomic E-state index is -3.65. The Labute approximate surface area is 148 Å². The van der Waals surface area contributed by atoms with Crippen LogP contribution in [0.25, 0.3) is 0 Å². The number of amides is 1. The number of hydrogen-bond donors (Lipinski definition) is 3. The van der Waals surface area contributed by atoms with Gasteiger partial charge in [0, 0.05) is 30.4 Å². The molecule has 2 unspecified atom stereocenters. The van der Waals surface area contributed by atoms with E-state index >= 15 is 0 Å². The fourth-order valence-corrected chi connectivity index (χ4v) is 4.77. The summed E-state index contributed by atoms with van der Waals surface area (Å²) in [4.78, 5) is 23.6. The van der Waals surface area contributed by atoms with Gasteiger partial charge >= 0.3 is 0 Å². The van der Waals surface area contributed by atoms with Crippen LogP contribution in [0.4, 0.5) is 5.69 Å². The van der Waals surface area contributed by atoms with Crippen LogP contribution in [-0.4, -0.2) is 55.3 Å². The van der Waals surface area contributed by atoms with E-state index in [1.165, 1.54) is 14.0 Å². The molecule has 1 aliphatic heterocycles. The van der Waals surface area contributed by atoms with Crippen LogP contribution in [0.15, 0.2) is 24.3 Å². The van der Waals surface area contributed by atoms with Crippen LogP contribution in [0.1, 0.15) is 31.1 Å². The van der Waals surface area contributed by atoms with Gasteiger partial charge in [0.15, 0.2) is 5.78 Å². The summed E-state index contributed by atoms with van der Waals surface area (Å²) in [6, 6.07) is 5.98. The lowest BCUT2D eigenvalue weighted by molar-refractivity contribution is -0.116. The molecule has 25 heavy (non-hydrogen) atoms. The van der Waals surface area contributed by atoms with Gasteiger partial charge in [0.1, 0.15) is 5.25 Å². The molecule has 1 amide bonds. The fraction of sp³-hybridized carbons (Fsp3) is 0.500. The number of benzene rings is 1. The van der Waals surface area contributed by atoms with Crippen LogP contribution < -0.4 is 16.2 Å². The SMILES string of the molecule is CC(=O)c1cccc(NC(=O)CN(C)S(=O)(=O)C2C(C)NNC2C)c1. The van der Waals surface area contributed by atoms with E-state index in [1.807, 2.05) is 0 Å². The van der Waals surface area contributed by atoms with Crippen molar-refractivity contribution < 1.29 is 18.0 Å². The van der Waals surface area contributed by atoms with Gasteiger partial charge in [0.2, 0.25) is 15.9 Å². The molecule has 2 rings (SSSR count). The predicted molar refractivity (Wildman–Crippen MR) is 95.6 cm³/mol. The van der Waals surface area contributed by atoms with Crippen LogP contribution >= 0.6 is 0 Å². The van der Waals surface area contributed by atoms with Crippen LogP contribution in [0.5, 0.6) is 0 Å². The fourth-order valence-electron chi connectivity index (χ4n) is 2.89. The van der Waals surface area contributed by atoms with E-state index in [0.29, 0.717) is 11.3 Å². The van der Waals surface area contributed by atoms with Crippen molar-refractivity contribution in [2.45, 2.75) is 38.1 Å². The topological polar surface area (TPSA) is 108 Å². The lowest BCUT2D eigenvalue weighted by atomic mass is 10.1. The first-order chi connectivity index (χ1) is 11.6. The Kier molecular flexibility index (Phi) is 5.94. The number of anilines is 1. The molecule has 9 heteroatoms. The van der Waals surface area contributed by atoms with Crippen LogP contribution in [0.3, 0.4) is 0 Å². The number of nitrogens with one attached hydrogen (secondary N) is 3. The molecular weight excluding hydrogens is 344 g/mol. The van der Waals surface area contributed by atoms with Crippen molar-refractivity contribution in [1.29, 1.82) is 0 Å². The van der Waals surface area contributed by atoms with E-state index in [0.717, 1.165) is 4.31 Å². The minimum absolute atomic E-state index is 0.111. The highest BCUT2D eigenvalue weighted by Crippen LogP contribution is 2.19. The number of carbonyl (C=O) groups excluding carboxylic acids is 2. The zero-order valence-electron chi connectivity index (χ0n) is 14.7. The van der Waals surface area contributed by atoms with Crippen molar-refractivity contribution in [1.82, 2.24) is 15.2 Å². The normalized spacial score (nSPS) is 23.6. The van der Waals surface area contributed by atoms with Gasteiger partial charge < -0.3 is 5.32 Å². The number of sulfonamides is 1. The van der Waals surface area contributed by atoms with Crippen molar-refractivity contribution in [2.75, 3.05) is 18.9 Å². The Hall–Kier alpha value is -1.81. The van der Waals surface area contributed by atoms with Crippen molar-refractivity contribution in [2.24, 2.45) is 0 Å². The van der Waals surface area contributed by atoms with Gasteiger partial charge in [-0.3, -0.25) is 20.4 Å². The maximum atomic E-state index is 12.7. The zero-order chi connectivity index (χ0) is 18.8. The van der Waals surface area contributed by atoms with Crippen molar-refractivity contribution >= 4 is 27.4 Å². The van der Waals surface area contributed by atoms with Gasteiger partial charge in [0.05, 0.1) is 6.54 Å². The number of carbonyl (C=O) groups is 2. The van der Waals surface area contributed by atoms with Crippen molar-refractivity contribution in [3.8, 4) is 0 Å². The molecule has 0 bridgehead atoms. The highest BCUT2D eigenvalue weighted by molar-refractivity contribution is 7.89. The zero-order valence-corrected chi connectivity index (χ0v) is 15.6. The van der Waals surface area contributed by atoms with E-state index in [4.69, 9.17) is 0 Å². The van der Waals surface area contributed by atoms with Gasteiger partial charge in [-0.2, -0.15) is 4.31 Å². The molecule has 1 heterocycles. The number of likely N-dealkylation sites (N-methyl/N-ethyl adjacent to an activating group) is 1. The van der Waals surface area contributed by atoms with E-state index < -0.39 is 21.2 Å². The van der Waals surface area contributed by atoms with Gasteiger partial charge in [-0.1, -0.05) is 12.1 Å². The Morgan fingerprint density at radius 3 is 2.36 bits per heavy atom. The van der Waals surface area contributed by atoms with E-state index in [2.05, 4.69) is 16.2 Å². The summed E-state index contributed by atoms with van der Waals surface area (Å²) < 4.78 is 26.5. The molecule has 0 aromatic heterocycles. The molecule has 138 valence electrons. The average Bonchev–Trinajstić information content (AvgIpc) is 2.86. The number of ketones is 1. The molecule has 0 radical (unpaired) electrons. The third-order valence-electron chi connectivity index (χ3n) is 4.22. The quantitative estimate of drug-likeness (QED) is 0.625. The predicted octanol–water partition coefficient (Wildman–Crippen LogP) is 0.343. The van der Waals surface area contributed by atoms with E-state index in [9.17, 15) is 18.0 Å². The number of hydrazine groups is 1. The summed E-state index contributed by atoms with van der Waals surface area (Å²) in [6.45, 7) is 4.69. The third kappa shape index (κ3) is 4.43. The molecule has 1 fully saturated rings. The first-order valence-electron chi connectivity index (χ1n) is 8.00. The second-order valence-electron chi connectivity index (χ2n) is 6.32. The summed E-state index contributed by atoms with van der Waals surface area (Å²) in [5.41, 5.74) is 6.73. The maximum Gasteiger partial charge on any atom is 0.239 e.